The molecule has 0 N–H and O–H groups in total. The van der Waals surface area contributed by atoms with Gasteiger partial charge in [0.1, 0.15) is 0 Å². The summed E-state index contributed by atoms with van der Waals surface area (Å²) >= 11 is 9.41. The normalized spacial score (nSPS) is 17.8. The van der Waals surface area contributed by atoms with Crippen molar-refractivity contribution in [2.75, 3.05) is 0 Å². The molecule has 0 heterocycles. The maximum Gasteiger partial charge on any atom is 0.365 e. The van der Waals surface area contributed by atoms with Crippen LogP contribution in [0.15, 0.2) is 82.4 Å². The fourth-order valence-electron chi connectivity index (χ4n) is 3.42. The number of nitrogens with zero attached hydrogens (tertiary/aromatic N) is 2. The predicted molar refractivity (Wildman–Crippen MR) is 121 cm³/mol. The number of carbonyl (C=O) groups excluding carboxylic acids is 1. The second-order valence-electron chi connectivity index (χ2n) is 7.17. The van der Waals surface area contributed by atoms with Crippen molar-refractivity contribution in [2.24, 2.45) is 11.1 Å². The molecule has 0 radical (unpaired) electrons. The maximum atomic E-state index is 12.5. The lowest BCUT2D eigenvalue weighted by Gasteiger charge is -2.07. The number of hydrogen-bond acceptors (Lipinski definition) is 5. The van der Waals surface area contributed by atoms with Crippen LogP contribution in [-0.2, 0) is 4.84 Å². The Hall–Kier alpha value is -3.03. The van der Waals surface area contributed by atoms with Gasteiger partial charge in [0.25, 0.3) is 5.69 Å². The van der Waals surface area contributed by atoms with E-state index in [1.807, 2.05) is 48.5 Å². The highest BCUT2D eigenvalue weighted by atomic mass is 79.9. The summed E-state index contributed by atoms with van der Waals surface area (Å²) in [6.07, 6.45) is 0.866. The first-order valence-corrected chi connectivity index (χ1v) is 10.6. The molecule has 0 bridgehead atoms. The number of hydrogen-bond donors (Lipinski definition) is 0. The Labute approximate surface area is 191 Å². The van der Waals surface area contributed by atoms with E-state index in [9.17, 15) is 14.9 Å². The van der Waals surface area contributed by atoms with Crippen LogP contribution in [0.25, 0.3) is 0 Å². The van der Waals surface area contributed by atoms with E-state index in [1.54, 1.807) is 0 Å². The molecule has 8 heteroatoms. The molecule has 0 spiro atoms. The Morgan fingerprint density at radius 1 is 1.06 bits per heavy atom. The van der Waals surface area contributed by atoms with Gasteiger partial charge in [-0.15, -0.1) is 0 Å². The van der Waals surface area contributed by atoms with Crippen LogP contribution in [0, 0.1) is 16.0 Å². The first-order valence-electron chi connectivity index (χ1n) is 9.47. The molecule has 1 saturated carbocycles. The number of nitro groups is 1. The van der Waals surface area contributed by atoms with E-state index in [0.29, 0.717) is 10.7 Å². The zero-order valence-electron chi connectivity index (χ0n) is 16.1. The molecule has 3 aromatic carbocycles. The van der Waals surface area contributed by atoms with Gasteiger partial charge in [0.05, 0.1) is 16.2 Å². The van der Waals surface area contributed by atoms with E-state index in [1.165, 1.54) is 24.3 Å². The summed E-state index contributed by atoms with van der Waals surface area (Å²) in [6.45, 7) is 0. The zero-order valence-corrected chi connectivity index (χ0v) is 18.4. The van der Waals surface area contributed by atoms with Crippen LogP contribution in [0.3, 0.4) is 0 Å². The highest BCUT2D eigenvalue weighted by Crippen LogP contribution is 2.49. The van der Waals surface area contributed by atoms with Crippen LogP contribution in [0.5, 0.6) is 0 Å². The van der Waals surface area contributed by atoms with E-state index in [-0.39, 0.29) is 23.1 Å². The highest BCUT2D eigenvalue weighted by molar-refractivity contribution is 9.10. The van der Waals surface area contributed by atoms with Gasteiger partial charge in [-0.25, -0.2) is 4.79 Å². The standard InChI is InChI=1S/C23H16BrClN2O4/c24-17-8-4-15(5-9-17)22(21-13-20(21)14-6-10-18(25)11-7-14)26-31-23(28)16-2-1-3-19(12-16)27(29)30/h1-12,20-21H,13H2/b26-22-/t20-,21+/m1/s1. The van der Waals surface area contributed by atoms with Crippen LogP contribution in [0.1, 0.15) is 33.8 Å². The fourth-order valence-corrected chi connectivity index (χ4v) is 3.81. The van der Waals surface area contributed by atoms with Crippen LogP contribution in [0.4, 0.5) is 5.69 Å². The molecule has 156 valence electrons. The first-order chi connectivity index (χ1) is 14.9. The van der Waals surface area contributed by atoms with E-state index >= 15 is 0 Å². The topological polar surface area (TPSA) is 81.8 Å². The van der Waals surface area contributed by atoms with Gasteiger partial charge in [0.15, 0.2) is 0 Å². The minimum Gasteiger partial charge on any atom is -0.313 e. The van der Waals surface area contributed by atoms with Crippen molar-refractivity contribution >= 4 is 44.9 Å². The Balaban J connectivity index is 1.59. The Morgan fingerprint density at radius 3 is 2.45 bits per heavy atom. The number of benzene rings is 3. The molecule has 31 heavy (non-hydrogen) atoms. The van der Waals surface area contributed by atoms with Gasteiger partial charge in [0.2, 0.25) is 0 Å². The third-order valence-corrected chi connectivity index (χ3v) is 5.88. The Kier molecular flexibility index (Phi) is 6.15. The zero-order chi connectivity index (χ0) is 22.0. The van der Waals surface area contributed by atoms with Gasteiger partial charge >= 0.3 is 5.97 Å². The Bertz CT molecular complexity index is 1160. The third-order valence-electron chi connectivity index (χ3n) is 5.10. The van der Waals surface area contributed by atoms with E-state index in [2.05, 4.69) is 21.1 Å². The van der Waals surface area contributed by atoms with Crippen molar-refractivity contribution in [2.45, 2.75) is 12.3 Å². The molecule has 3 aromatic rings. The number of carbonyl (C=O) groups is 1. The minimum atomic E-state index is -0.748. The van der Waals surface area contributed by atoms with E-state index in [4.69, 9.17) is 16.4 Å². The molecule has 1 aliphatic rings. The van der Waals surface area contributed by atoms with Crippen molar-refractivity contribution < 1.29 is 14.6 Å². The van der Waals surface area contributed by atoms with Crippen LogP contribution < -0.4 is 0 Å². The molecule has 0 amide bonds. The molecule has 0 unspecified atom stereocenters. The van der Waals surface area contributed by atoms with Crippen molar-refractivity contribution in [1.82, 2.24) is 0 Å². The summed E-state index contributed by atoms with van der Waals surface area (Å²) in [6, 6.07) is 20.7. The molecule has 1 fully saturated rings. The maximum absolute atomic E-state index is 12.5. The van der Waals surface area contributed by atoms with Crippen molar-refractivity contribution in [1.29, 1.82) is 0 Å². The van der Waals surface area contributed by atoms with Crippen molar-refractivity contribution in [3.63, 3.8) is 0 Å². The summed E-state index contributed by atoms with van der Waals surface area (Å²) in [5, 5.41) is 15.8. The van der Waals surface area contributed by atoms with Gasteiger partial charge in [0, 0.05) is 27.5 Å². The van der Waals surface area contributed by atoms with Crippen LogP contribution in [0.2, 0.25) is 5.02 Å². The number of nitro benzene ring substituents is 1. The van der Waals surface area contributed by atoms with Crippen LogP contribution >= 0.6 is 27.5 Å². The second-order valence-corrected chi connectivity index (χ2v) is 8.52. The average Bonchev–Trinajstić information content (AvgIpc) is 3.56. The lowest BCUT2D eigenvalue weighted by Crippen LogP contribution is -2.09. The Morgan fingerprint density at radius 2 is 1.77 bits per heavy atom. The van der Waals surface area contributed by atoms with Crippen molar-refractivity contribution in [3.8, 4) is 0 Å². The summed E-state index contributed by atoms with van der Waals surface area (Å²) in [4.78, 5) is 28.1. The monoisotopic (exact) mass is 498 g/mol. The molecule has 1 aliphatic carbocycles. The molecule has 0 aromatic heterocycles. The summed E-state index contributed by atoms with van der Waals surface area (Å²) < 4.78 is 0.925. The SMILES string of the molecule is O=C(O/N=C(/c1ccc(Br)cc1)[C@H]1C[C@@H]1c1ccc(Cl)cc1)c1cccc([N+](=O)[O-])c1. The van der Waals surface area contributed by atoms with E-state index < -0.39 is 10.9 Å². The first kappa shape index (κ1) is 21.2. The highest BCUT2D eigenvalue weighted by Gasteiger charge is 2.43. The number of non-ortho nitro benzene ring substituents is 1. The minimum absolute atomic E-state index is 0.0677. The van der Waals surface area contributed by atoms with Gasteiger partial charge < -0.3 is 4.84 Å². The predicted octanol–water partition coefficient (Wildman–Crippen LogP) is 6.38. The quantitative estimate of drug-likeness (QED) is 0.171. The van der Waals surface area contributed by atoms with Crippen LogP contribution in [-0.4, -0.2) is 16.6 Å². The summed E-state index contributed by atoms with van der Waals surface area (Å²) in [5.74, 6) is -0.418. The van der Waals surface area contributed by atoms with Gasteiger partial charge in [-0.2, -0.15) is 0 Å². The lowest BCUT2D eigenvalue weighted by molar-refractivity contribution is -0.384. The number of rotatable bonds is 6. The molecule has 6 nitrogen and oxygen atoms in total. The average molecular weight is 500 g/mol. The summed E-state index contributed by atoms with van der Waals surface area (Å²) in [5.41, 5.74) is 2.53. The smallest absolute Gasteiger partial charge is 0.313 e. The third kappa shape index (κ3) is 5.00. The number of halogens is 2. The molecule has 4 rings (SSSR count). The largest absolute Gasteiger partial charge is 0.365 e. The van der Waals surface area contributed by atoms with Gasteiger partial charge in [-0.1, -0.05) is 63.0 Å². The molecular formula is C23H16BrClN2O4. The molecular weight excluding hydrogens is 484 g/mol. The second kappa shape index (κ2) is 8.99. The molecule has 0 saturated heterocycles. The van der Waals surface area contributed by atoms with Gasteiger partial charge in [-0.3, -0.25) is 10.1 Å². The van der Waals surface area contributed by atoms with Gasteiger partial charge in [-0.05, 0) is 53.8 Å². The van der Waals surface area contributed by atoms with Crippen molar-refractivity contribution in [3.05, 3.63) is 109 Å². The summed E-state index contributed by atoms with van der Waals surface area (Å²) in [7, 11) is 0. The lowest BCUT2D eigenvalue weighted by atomic mass is 10.0. The van der Waals surface area contributed by atoms with E-state index in [0.717, 1.165) is 22.0 Å². The number of oxime groups is 1. The fraction of sp³-hybridized carbons (Fsp3) is 0.130. The molecule has 0 aliphatic heterocycles. The molecule has 2 atom stereocenters.